The van der Waals surface area contributed by atoms with Gasteiger partial charge in [0.25, 0.3) is 0 Å². The van der Waals surface area contributed by atoms with Crippen LogP contribution in [0.15, 0.2) is 0 Å². The highest BCUT2D eigenvalue weighted by Crippen LogP contribution is 1.97. The van der Waals surface area contributed by atoms with E-state index in [1.807, 2.05) is 0 Å². The maximum atomic E-state index is 10.6. The van der Waals surface area contributed by atoms with Gasteiger partial charge in [-0.2, -0.15) is 0 Å². The van der Waals surface area contributed by atoms with Crippen molar-refractivity contribution in [3.63, 3.8) is 0 Å². The van der Waals surface area contributed by atoms with Crippen molar-refractivity contribution in [1.82, 2.24) is 0 Å². The van der Waals surface area contributed by atoms with Crippen molar-refractivity contribution in [2.45, 2.75) is 25.6 Å². The van der Waals surface area contributed by atoms with Crippen molar-refractivity contribution in [2.75, 3.05) is 6.54 Å². The molecule has 60 valence electrons. The van der Waals surface area contributed by atoms with E-state index in [1.54, 1.807) is 6.92 Å². The van der Waals surface area contributed by atoms with Crippen molar-refractivity contribution < 1.29 is 15.0 Å². The molecule has 0 rings (SSSR count). The molecule has 4 heteroatoms. The highest BCUT2D eigenvalue weighted by molar-refractivity contribution is 5.85. The smallest absolute Gasteiger partial charge is 0.177 e. The largest absolute Gasteiger partial charge is 0.390 e. The minimum atomic E-state index is -1.31. The Hall–Kier alpha value is -0.450. The molecule has 0 aliphatic rings. The molecule has 4 N–H and O–H groups in total. The van der Waals surface area contributed by atoms with Gasteiger partial charge in [0.15, 0.2) is 5.78 Å². The first kappa shape index (κ1) is 9.55. The van der Waals surface area contributed by atoms with Gasteiger partial charge in [0, 0.05) is 0 Å². The first-order valence-electron chi connectivity index (χ1n) is 3.22. The number of rotatable bonds is 4. The lowest BCUT2D eigenvalue weighted by Crippen LogP contribution is -2.37. The lowest BCUT2D eigenvalue weighted by Gasteiger charge is -2.12. The zero-order chi connectivity index (χ0) is 8.15. The number of carbonyl (C=O) groups is 1. The Balaban J connectivity index is 3.81. The predicted molar refractivity (Wildman–Crippen MR) is 36.4 cm³/mol. The highest BCUT2D eigenvalue weighted by Gasteiger charge is 2.20. The van der Waals surface area contributed by atoms with Crippen LogP contribution in [0.2, 0.25) is 0 Å². The van der Waals surface area contributed by atoms with E-state index >= 15 is 0 Å². The maximum Gasteiger partial charge on any atom is 0.177 e. The summed E-state index contributed by atoms with van der Waals surface area (Å²) in [5.41, 5.74) is 4.94. The molecule has 0 aromatic carbocycles. The average molecular weight is 147 g/mol. The number of aliphatic hydroxyl groups is 2. The van der Waals surface area contributed by atoms with E-state index in [2.05, 4.69) is 0 Å². The quantitative estimate of drug-likeness (QED) is 0.459. The monoisotopic (exact) mass is 147 g/mol. The van der Waals surface area contributed by atoms with Gasteiger partial charge >= 0.3 is 0 Å². The first-order valence-corrected chi connectivity index (χ1v) is 3.22. The standard InChI is InChI=1S/C6H13NO3/c1-2-4(8)6(10)5(9)3-7/h4,6,8,10H,2-3,7H2,1H3/t4-,6-/m0/s1. The van der Waals surface area contributed by atoms with Crippen LogP contribution < -0.4 is 5.73 Å². The van der Waals surface area contributed by atoms with E-state index in [4.69, 9.17) is 15.9 Å². The van der Waals surface area contributed by atoms with Crippen molar-refractivity contribution in [3.05, 3.63) is 0 Å². The molecule has 4 nitrogen and oxygen atoms in total. The summed E-state index contributed by atoms with van der Waals surface area (Å²) in [4.78, 5) is 10.6. The molecule has 2 atom stereocenters. The number of aliphatic hydroxyl groups excluding tert-OH is 2. The minimum Gasteiger partial charge on any atom is -0.390 e. The van der Waals surface area contributed by atoms with Gasteiger partial charge in [-0.3, -0.25) is 4.79 Å². The van der Waals surface area contributed by atoms with Gasteiger partial charge in [-0.15, -0.1) is 0 Å². The summed E-state index contributed by atoms with van der Waals surface area (Å²) in [5, 5.41) is 17.8. The molecular formula is C6H13NO3. The summed E-state index contributed by atoms with van der Waals surface area (Å²) >= 11 is 0. The van der Waals surface area contributed by atoms with Gasteiger partial charge in [0.2, 0.25) is 0 Å². The molecule has 0 aliphatic heterocycles. The average Bonchev–Trinajstić information content (AvgIpc) is 2.00. The van der Waals surface area contributed by atoms with E-state index in [1.165, 1.54) is 0 Å². The number of nitrogens with two attached hydrogens (primary N) is 1. The fourth-order valence-electron chi connectivity index (χ4n) is 0.559. The summed E-state index contributed by atoms with van der Waals surface area (Å²) < 4.78 is 0. The number of ketones is 1. The highest BCUT2D eigenvalue weighted by atomic mass is 16.3. The summed E-state index contributed by atoms with van der Waals surface area (Å²) in [6.07, 6.45) is -1.93. The molecule has 0 saturated heterocycles. The van der Waals surface area contributed by atoms with Crippen LogP contribution in [-0.4, -0.2) is 34.7 Å². The number of carbonyl (C=O) groups excluding carboxylic acids is 1. The van der Waals surface area contributed by atoms with Crippen LogP contribution in [0.25, 0.3) is 0 Å². The Morgan fingerprint density at radius 3 is 2.40 bits per heavy atom. The molecule has 0 aromatic heterocycles. The van der Waals surface area contributed by atoms with Crippen LogP contribution in [0.3, 0.4) is 0 Å². The fourth-order valence-corrected chi connectivity index (χ4v) is 0.559. The molecule has 0 saturated carbocycles. The number of hydrogen-bond acceptors (Lipinski definition) is 4. The second-order valence-electron chi connectivity index (χ2n) is 2.09. The van der Waals surface area contributed by atoms with Crippen LogP contribution in [-0.2, 0) is 4.79 Å². The summed E-state index contributed by atoms with van der Waals surface area (Å²) in [6.45, 7) is 1.45. The third kappa shape index (κ3) is 2.43. The van der Waals surface area contributed by atoms with E-state index in [0.29, 0.717) is 6.42 Å². The van der Waals surface area contributed by atoms with Crippen LogP contribution >= 0.6 is 0 Å². The Morgan fingerprint density at radius 1 is 1.60 bits per heavy atom. The molecule has 10 heavy (non-hydrogen) atoms. The van der Waals surface area contributed by atoms with Gasteiger partial charge in [-0.1, -0.05) is 6.92 Å². The molecular weight excluding hydrogens is 134 g/mol. The van der Waals surface area contributed by atoms with Gasteiger partial charge in [-0.05, 0) is 6.42 Å². The maximum absolute atomic E-state index is 10.6. The van der Waals surface area contributed by atoms with Gasteiger partial charge in [0.1, 0.15) is 6.10 Å². The van der Waals surface area contributed by atoms with E-state index in [0.717, 1.165) is 0 Å². The van der Waals surface area contributed by atoms with Crippen molar-refractivity contribution in [3.8, 4) is 0 Å². The van der Waals surface area contributed by atoms with Crippen molar-refractivity contribution >= 4 is 5.78 Å². The predicted octanol–water partition coefficient (Wildman–Crippen LogP) is -1.35. The van der Waals surface area contributed by atoms with Crippen molar-refractivity contribution in [2.24, 2.45) is 5.73 Å². The Morgan fingerprint density at radius 2 is 2.10 bits per heavy atom. The minimum absolute atomic E-state index is 0.224. The molecule has 0 heterocycles. The van der Waals surface area contributed by atoms with Crippen LogP contribution in [0, 0.1) is 0 Å². The van der Waals surface area contributed by atoms with Gasteiger partial charge in [0.05, 0.1) is 12.6 Å². The number of hydrogen-bond donors (Lipinski definition) is 3. The fraction of sp³-hybridized carbons (Fsp3) is 0.833. The first-order chi connectivity index (χ1) is 4.63. The zero-order valence-corrected chi connectivity index (χ0v) is 5.95. The summed E-state index contributed by atoms with van der Waals surface area (Å²) in [6, 6.07) is 0. The normalized spacial score (nSPS) is 16.4. The summed E-state index contributed by atoms with van der Waals surface area (Å²) in [5.74, 6) is -0.519. The van der Waals surface area contributed by atoms with Crippen molar-refractivity contribution in [1.29, 1.82) is 0 Å². The number of Topliss-reactive ketones (excluding diaryl/α,β-unsaturated/α-hetero) is 1. The molecule has 0 aliphatic carbocycles. The van der Waals surface area contributed by atoms with E-state index in [-0.39, 0.29) is 6.54 Å². The third-order valence-electron chi connectivity index (χ3n) is 1.31. The van der Waals surface area contributed by atoms with E-state index in [9.17, 15) is 4.79 Å². The molecule has 0 bridgehead atoms. The van der Waals surface area contributed by atoms with Crippen LogP contribution in [0.5, 0.6) is 0 Å². The molecule has 0 aromatic rings. The Kier molecular flexibility index (Phi) is 4.18. The molecule has 0 radical (unpaired) electrons. The van der Waals surface area contributed by atoms with E-state index < -0.39 is 18.0 Å². The zero-order valence-electron chi connectivity index (χ0n) is 5.95. The Labute approximate surface area is 59.7 Å². The lowest BCUT2D eigenvalue weighted by atomic mass is 10.1. The molecule has 0 amide bonds. The lowest BCUT2D eigenvalue weighted by molar-refractivity contribution is -0.131. The third-order valence-corrected chi connectivity index (χ3v) is 1.31. The van der Waals surface area contributed by atoms with Crippen LogP contribution in [0.1, 0.15) is 13.3 Å². The Bertz CT molecular complexity index is 116. The second-order valence-corrected chi connectivity index (χ2v) is 2.09. The topological polar surface area (TPSA) is 83.5 Å². The van der Waals surface area contributed by atoms with Gasteiger partial charge < -0.3 is 15.9 Å². The molecule has 0 unspecified atom stereocenters. The second kappa shape index (κ2) is 4.38. The molecule has 0 fully saturated rings. The van der Waals surface area contributed by atoms with Crippen LogP contribution in [0.4, 0.5) is 0 Å². The SMILES string of the molecule is CC[C@H](O)[C@H](O)C(=O)CN. The van der Waals surface area contributed by atoms with Gasteiger partial charge in [-0.25, -0.2) is 0 Å². The molecule has 0 spiro atoms. The summed E-state index contributed by atoms with van der Waals surface area (Å²) in [7, 11) is 0.